The average Bonchev–Trinajstić information content (AvgIpc) is 3.65. The molecule has 0 fully saturated rings. The predicted octanol–water partition coefficient (Wildman–Crippen LogP) is 7.06. The molecule has 82 heavy (non-hydrogen) atoms. The monoisotopic (exact) mass is 1110 g/mol. The van der Waals surface area contributed by atoms with Gasteiger partial charge in [-0.2, -0.15) is 5.26 Å². The molecular weight excluding hydrogens is 1080 g/mol. The van der Waals surface area contributed by atoms with Crippen LogP contribution in [0.5, 0.6) is 11.8 Å². The van der Waals surface area contributed by atoms with Gasteiger partial charge >= 0.3 is 35.8 Å². The molecule has 2 amide bonds. The van der Waals surface area contributed by atoms with E-state index in [0.29, 0.717) is 21.3 Å². The molecule has 0 bridgehead atoms. The summed E-state index contributed by atoms with van der Waals surface area (Å²) in [6.07, 6.45) is 0. The van der Waals surface area contributed by atoms with Crippen LogP contribution in [-0.2, 0) is 13.1 Å². The molecule has 2 aromatic heterocycles. The normalized spacial score (nSPS) is 10.9. The minimum absolute atomic E-state index is 0.142. The summed E-state index contributed by atoms with van der Waals surface area (Å²) in [7, 11) is 0. The van der Waals surface area contributed by atoms with Gasteiger partial charge in [-0.15, -0.1) is 20.5 Å². The molecular formula is C54H36N10O18. The topological polar surface area (TPSA) is 444 Å². The van der Waals surface area contributed by atoms with Crippen molar-refractivity contribution in [2.75, 3.05) is 13.1 Å². The second kappa shape index (κ2) is 24.3. The molecule has 0 radical (unpaired) electrons. The van der Waals surface area contributed by atoms with E-state index in [1.54, 1.807) is 18.2 Å². The van der Waals surface area contributed by atoms with Crippen LogP contribution >= 0.6 is 0 Å². The molecule has 7 rings (SSSR count). The van der Waals surface area contributed by atoms with Crippen molar-refractivity contribution in [1.82, 2.24) is 19.8 Å². The molecule has 0 saturated carbocycles. The van der Waals surface area contributed by atoms with Gasteiger partial charge in [-0.25, -0.2) is 33.6 Å². The first kappa shape index (κ1) is 57.2. The highest BCUT2D eigenvalue weighted by molar-refractivity contribution is 6.12. The summed E-state index contributed by atoms with van der Waals surface area (Å²) in [5.41, 5.74) is -11.4. The Kier molecular flexibility index (Phi) is 16.9. The Morgan fingerprint density at radius 2 is 0.890 bits per heavy atom. The third kappa shape index (κ3) is 11.7. The summed E-state index contributed by atoms with van der Waals surface area (Å²) < 4.78 is 1.12. The van der Waals surface area contributed by atoms with Gasteiger partial charge in [0.15, 0.2) is 5.69 Å². The number of azo groups is 2. The van der Waals surface area contributed by atoms with Crippen LogP contribution < -0.4 is 21.8 Å². The maximum atomic E-state index is 13.8. The Labute approximate surface area is 457 Å². The molecule has 0 saturated heterocycles. The van der Waals surface area contributed by atoms with Gasteiger partial charge in [0.05, 0.1) is 51.1 Å². The van der Waals surface area contributed by atoms with Crippen LogP contribution in [0.25, 0.3) is 27.1 Å². The molecule has 0 atom stereocenters. The van der Waals surface area contributed by atoms with Crippen molar-refractivity contribution in [2.24, 2.45) is 20.5 Å². The summed E-state index contributed by atoms with van der Waals surface area (Å²) in [5, 5.41) is 113. The number of aromatic nitrogens is 2. The Hall–Kier alpha value is -12.5. The number of nitrogens with one attached hydrogen (secondary N) is 2. The molecule has 0 spiro atoms. The van der Waals surface area contributed by atoms with E-state index in [4.69, 9.17) is 6.57 Å². The SMILES string of the molecule is [C-]#[N+]c1c(-c2ccccc2)c(N=Nc2cc(C(=O)O)ccc2C(=O)O)c(O)n(CCNC(=O)c2cc(C(=O)O)c(C(=O)NCCn3c(O)c(N=Nc4cc(C(=O)O)ccc4C(=O)O)c(-c4ccccc4)c(C#N)c3=O)cc2C(=O)O)c1=O. The summed E-state index contributed by atoms with van der Waals surface area (Å²) in [5.74, 6) is -14.3. The van der Waals surface area contributed by atoms with E-state index in [1.807, 2.05) is 0 Å². The van der Waals surface area contributed by atoms with Crippen LogP contribution in [0.3, 0.4) is 0 Å². The molecule has 28 nitrogen and oxygen atoms in total. The van der Waals surface area contributed by atoms with Crippen LogP contribution in [0.15, 0.2) is 139 Å². The Morgan fingerprint density at radius 3 is 1.27 bits per heavy atom. The van der Waals surface area contributed by atoms with E-state index in [9.17, 15) is 94.1 Å². The van der Waals surface area contributed by atoms with E-state index < -0.39 is 175 Å². The Balaban J connectivity index is 1.18. The molecule has 0 aliphatic heterocycles. The van der Waals surface area contributed by atoms with Crippen molar-refractivity contribution in [3.05, 3.63) is 191 Å². The third-order valence-electron chi connectivity index (χ3n) is 12.0. The minimum atomic E-state index is -1.86. The fourth-order valence-corrected chi connectivity index (χ4v) is 8.10. The number of hydrogen-bond donors (Lipinski definition) is 10. The van der Waals surface area contributed by atoms with Crippen molar-refractivity contribution < 1.29 is 79.2 Å². The number of nitrogens with zero attached hydrogens (tertiary/aromatic N) is 8. The lowest BCUT2D eigenvalue weighted by Gasteiger charge is -2.17. The van der Waals surface area contributed by atoms with Crippen LogP contribution in [0.1, 0.15) is 88.4 Å². The van der Waals surface area contributed by atoms with Crippen molar-refractivity contribution in [3.8, 4) is 40.1 Å². The second-order valence-electron chi connectivity index (χ2n) is 16.8. The molecule has 0 aliphatic rings. The maximum absolute atomic E-state index is 13.8. The predicted molar refractivity (Wildman–Crippen MR) is 281 cm³/mol. The number of carboxylic acid groups (broad SMARTS) is 6. The minimum Gasteiger partial charge on any atom is -0.493 e. The number of benzene rings is 5. The fourth-order valence-electron chi connectivity index (χ4n) is 8.10. The number of carbonyl (C=O) groups excluding carboxylic acids is 2. The number of amides is 2. The first-order chi connectivity index (χ1) is 39.1. The van der Waals surface area contributed by atoms with Crippen molar-refractivity contribution >= 4 is 76.1 Å². The molecule has 7 aromatic rings. The van der Waals surface area contributed by atoms with Gasteiger partial charge < -0.3 is 51.5 Å². The average molecular weight is 1110 g/mol. The summed E-state index contributed by atoms with van der Waals surface area (Å²) in [4.78, 5) is 131. The molecule has 0 aliphatic carbocycles. The summed E-state index contributed by atoms with van der Waals surface area (Å²) >= 11 is 0. The van der Waals surface area contributed by atoms with Gasteiger partial charge in [0.25, 0.3) is 28.6 Å². The van der Waals surface area contributed by atoms with Gasteiger partial charge in [0, 0.05) is 37.3 Å². The number of aromatic carboxylic acids is 6. The first-order valence-corrected chi connectivity index (χ1v) is 23.2. The number of hydrogen-bond acceptors (Lipinski definition) is 17. The van der Waals surface area contributed by atoms with Crippen LogP contribution in [0.2, 0.25) is 0 Å². The standard InChI is InChI=1S/C54H36N10O18/c1-56-40-39(26-10-6-3-7-11-26)42(62-60-37-21-28(50(73)74)13-15-30(37)52(77)78)48(70)64(46(40)68)19-17-58-44(66)32-23-33(53(79)80)31(22-34(32)54(81)82)43(65)57-16-18-63-45(67)35(24-55)38(25-8-4-2-5-9-25)41(47(63)69)61-59-36-20-27(49(71)72)12-14-29(36)51(75)76/h2-15,20-23,69-70H,16-19H2,(H,57,65)(H,58,66)(H,71,72)(H,73,74)(H,75,76)(H,77,78)(H,79,80)(H,81,82). The number of rotatable bonds is 20. The third-order valence-corrected chi connectivity index (χ3v) is 12.0. The summed E-state index contributed by atoms with van der Waals surface area (Å²) in [6.45, 7) is 5.12. The van der Waals surface area contributed by atoms with E-state index >= 15 is 0 Å². The number of nitriles is 1. The van der Waals surface area contributed by atoms with Gasteiger partial charge in [-0.05, 0) is 59.7 Å². The number of pyridine rings is 2. The van der Waals surface area contributed by atoms with Crippen LogP contribution in [0, 0.1) is 17.9 Å². The Morgan fingerprint density at radius 1 is 0.500 bits per heavy atom. The summed E-state index contributed by atoms with van der Waals surface area (Å²) in [6, 6.07) is 23.4. The highest BCUT2D eigenvalue weighted by atomic mass is 16.4. The van der Waals surface area contributed by atoms with Gasteiger partial charge in [-0.3, -0.25) is 28.3 Å². The molecule has 28 heteroatoms. The van der Waals surface area contributed by atoms with Gasteiger partial charge in [-0.1, -0.05) is 60.7 Å². The van der Waals surface area contributed by atoms with Gasteiger partial charge in [0.2, 0.25) is 11.8 Å². The van der Waals surface area contributed by atoms with E-state index in [-0.39, 0.29) is 22.3 Å². The molecule has 0 unspecified atom stereocenters. The van der Waals surface area contributed by atoms with Gasteiger partial charge in [0.1, 0.15) is 28.7 Å². The lowest BCUT2D eigenvalue weighted by atomic mass is 9.97. The number of carbonyl (C=O) groups is 8. The van der Waals surface area contributed by atoms with E-state index in [2.05, 4.69) is 35.9 Å². The number of aromatic hydroxyl groups is 2. The molecule has 410 valence electrons. The molecule has 5 aromatic carbocycles. The van der Waals surface area contributed by atoms with Crippen molar-refractivity contribution in [3.63, 3.8) is 0 Å². The fraction of sp³-hybridized carbons (Fsp3) is 0.0741. The maximum Gasteiger partial charge on any atom is 0.337 e. The smallest absolute Gasteiger partial charge is 0.337 e. The van der Waals surface area contributed by atoms with Crippen molar-refractivity contribution in [2.45, 2.75) is 13.1 Å². The van der Waals surface area contributed by atoms with E-state index in [0.717, 1.165) is 36.4 Å². The molecule has 2 heterocycles. The largest absolute Gasteiger partial charge is 0.493 e. The number of carboxylic acids is 6. The zero-order chi connectivity index (χ0) is 59.7. The van der Waals surface area contributed by atoms with E-state index in [1.165, 1.54) is 48.5 Å². The lowest BCUT2D eigenvalue weighted by molar-refractivity contribution is 0.0675. The molecule has 10 N–H and O–H groups in total. The second-order valence-corrected chi connectivity index (χ2v) is 16.8. The lowest BCUT2D eigenvalue weighted by Crippen LogP contribution is -2.34. The quantitative estimate of drug-likeness (QED) is 0.0270. The van der Waals surface area contributed by atoms with Crippen LogP contribution in [0.4, 0.5) is 28.4 Å². The zero-order valence-corrected chi connectivity index (χ0v) is 41.5. The van der Waals surface area contributed by atoms with Crippen LogP contribution in [-0.4, -0.2) is 111 Å². The van der Waals surface area contributed by atoms with Crippen molar-refractivity contribution in [1.29, 1.82) is 5.26 Å². The zero-order valence-electron chi connectivity index (χ0n) is 41.5. The highest BCUT2D eigenvalue weighted by Gasteiger charge is 2.29. The highest BCUT2D eigenvalue weighted by Crippen LogP contribution is 2.44. The first-order valence-electron chi connectivity index (χ1n) is 23.2. The Bertz CT molecular complexity index is 3890.